The zero-order valence-corrected chi connectivity index (χ0v) is 16.4. The summed E-state index contributed by atoms with van der Waals surface area (Å²) in [7, 11) is 0. The molecule has 25 heavy (non-hydrogen) atoms. The van der Waals surface area contributed by atoms with Gasteiger partial charge in [0.1, 0.15) is 0 Å². The van der Waals surface area contributed by atoms with Gasteiger partial charge in [0.05, 0.1) is 6.04 Å². The van der Waals surface area contributed by atoms with Crippen molar-refractivity contribution in [2.24, 2.45) is 0 Å². The summed E-state index contributed by atoms with van der Waals surface area (Å²) in [5, 5.41) is 9.80. The number of thiocarbonyl (C=S) groups is 1. The van der Waals surface area contributed by atoms with Crippen LogP contribution in [0.1, 0.15) is 36.2 Å². The molecule has 1 saturated heterocycles. The van der Waals surface area contributed by atoms with Crippen molar-refractivity contribution >= 4 is 28.7 Å². The number of nitrogens with one attached hydrogen (secondary N) is 2. The smallest absolute Gasteiger partial charge is 0.166 e. The van der Waals surface area contributed by atoms with Crippen molar-refractivity contribution in [3.05, 3.63) is 58.3 Å². The van der Waals surface area contributed by atoms with Crippen LogP contribution in [0.5, 0.6) is 0 Å². The number of benzene rings is 1. The summed E-state index contributed by atoms with van der Waals surface area (Å²) in [4.78, 5) is 4.02. The minimum Gasteiger partial charge on any atom is -0.362 e. The highest BCUT2D eigenvalue weighted by atomic mass is 32.1. The second kappa shape index (κ2) is 9.32. The molecule has 3 rings (SSSR count). The summed E-state index contributed by atoms with van der Waals surface area (Å²) in [6.45, 7) is 5.47. The van der Waals surface area contributed by atoms with Crippen molar-refractivity contribution < 1.29 is 0 Å². The first-order chi connectivity index (χ1) is 12.2. The molecule has 0 radical (unpaired) electrons. The Balaban J connectivity index is 1.51. The van der Waals surface area contributed by atoms with Gasteiger partial charge in [-0.3, -0.25) is 4.90 Å². The molecule has 1 aromatic heterocycles. The van der Waals surface area contributed by atoms with Gasteiger partial charge >= 0.3 is 0 Å². The topological polar surface area (TPSA) is 27.3 Å². The highest BCUT2D eigenvalue weighted by molar-refractivity contribution is 7.80. The molecule has 5 heteroatoms. The largest absolute Gasteiger partial charge is 0.362 e. The van der Waals surface area contributed by atoms with Gasteiger partial charge in [-0.05, 0) is 68.5 Å². The van der Waals surface area contributed by atoms with Crippen molar-refractivity contribution in [2.75, 3.05) is 19.6 Å². The Labute approximate surface area is 160 Å². The number of rotatable bonds is 7. The van der Waals surface area contributed by atoms with E-state index in [1.807, 2.05) is 17.4 Å². The molecule has 1 aromatic carbocycles. The average molecular weight is 374 g/mol. The molecule has 1 fully saturated rings. The van der Waals surface area contributed by atoms with E-state index in [2.05, 4.69) is 64.2 Å². The Morgan fingerprint density at radius 2 is 1.92 bits per heavy atom. The highest BCUT2D eigenvalue weighted by Crippen LogP contribution is 2.31. The number of likely N-dealkylation sites (tertiary alicyclic amines) is 1. The van der Waals surface area contributed by atoms with Gasteiger partial charge in [-0.2, -0.15) is 0 Å². The maximum absolute atomic E-state index is 5.53. The highest BCUT2D eigenvalue weighted by Gasteiger charge is 2.29. The SMILES string of the molecule is CC(NC(=S)NCCc1ccccc1)C(c1cccs1)N1CCCC1. The van der Waals surface area contributed by atoms with Gasteiger partial charge in [0, 0.05) is 17.5 Å². The van der Waals surface area contributed by atoms with E-state index < -0.39 is 0 Å². The first kappa shape index (κ1) is 18.4. The van der Waals surface area contributed by atoms with Gasteiger partial charge in [-0.25, -0.2) is 0 Å². The second-order valence-electron chi connectivity index (χ2n) is 6.63. The van der Waals surface area contributed by atoms with Crippen LogP contribution in [0.15, 0.2) is 47.8 Å². The van der Waals surface area contributed by atoms with Crippen LogP contribution in [-0.4, -0.2) is 35.7 Å². The maximum Gasteiger partial charge on any atom is 0.166 e. The third kappa shape index (κ3) is 5.27. The first-order valence-electron chi connectivity index (χ1n) is 9.10. The zero-order chi connectivity index (χ0) is 17.5. The quantitative estimate of drug-likeness (QED) is 0.718. The molecule has 0 aliphatic carbocycles. The van der Waals surface area contributed by atoms with Crippen molar-refractivity contribution in [2.45, 2.75) is 38.3 Å². The fourth-order valence-electron chi connectivity index (χ4n) is 3.52. The molecule has 0 bridgehead atoms. The van der Waals surface area contributed by atoms with E-state index in [1.165, 1.54) is 36.4 Å². The maximum atomic E-state index is 5.53. The standard InChI is InChI=1S/C20H27N3S2/c1-16(19(18-10-7-15-25-18)23-13-5-6-14-23)22-20(24)21-12-11-17-8-3-2-4-9-17/h2-4,7-10,15-16,19H,5-6,11-14H2,1H3,(H2,21,22,24). The predicted octanol–water partition coefficient (Wildman–Crippen LogP) is 3.98. The summed E-state index contributed by atoms with van der Waals surface area (Å²) in [6, 6.07) is 15.6. The summed E-state index contributed by atoms with van der Waals surface area (Å²) < 4.78 is 0. The number of hydrogen-bond acceptors (Lipinski definition) is 3. The van der Waals surface area contributed by atoms with E-state index in [-0.39, 0.29) is 6.04 Å². The predicted molar refractivity (Wildman–Crippen MR) is 111 cm³/mol. The third-order valence-corrected chi connectivity index (χ3v) is 5.95. The molecule has 2 N–H and O–H groups in total. The van der Waals surface area contributed by atoms with Crippen LogP contribution < -0.4 is 10.6 Å². The van der Waals surface area contributed by atoms with E-state index in [0.717, 1.165) is 18.1 Å². The van der Waals surface area contributed by atoms with Crippen LogP contribution in [0.4, 0.5) is 0 Å². The lowest BCUT2D eigenvalue weighted by atomic mass is 10.1. The fraction of sp³-hybridized carbons (Fsp3) is 0.450. The van der Waals surface area contributed by atoms with Gasteiger partial charge in [0.15, 0.2) is 5.11 Å². The molecule has 0 saturated carbocycles. The molecular weight excluding hydrogens is 346 g/mol. The molecule has 2 aromatic rings. The normalized spacial score (nSPS) is 17.2. The zero-order valence-electron chi connectivity index (χ0n) is 14.8. The van der Waals surface area contributed by atoms with Crippen LogP contribution in [0, 0.1) is 0 Å². The van der Waals surface area contributed by atoms with Crippen molar-refractivity contribution in [3.63, 3.8) is 0 Å². The van der Waals surface area contributed by atoms with E-state index in [1.54, 1.807) is 0 Å². The van der Waals surface area contributed by atoms with Gasteiger partial charge in [-0.15, -0.1) is 11.3 Å². The van der Waals surface area contributed by atoms with Crippen LogP contribution in [0.2, 0.25) is 0 Å². The Hall–Kier alpha value is -1.43. The summed E-state index contributed by atoms with van der Waals surface area (Å²) in [6.07, 6.45) is 3.58. The van der Waals surface area contributed by atoms with Gasteiger partial charge < -0.3 is 10.6 Å². The molecule has 1 aliphatic heterocycles. The molecular formula is C20H27N3S2. The Kier molecular flexibility index (Phi) is 6.84. The number of thiophene rings is 1. The monoisotopic (exact) mass is 373 g/mol. The molecule has 3 nitrogen and oxygen atoms in total. The number of hydrogen-bond donors (Lipinski definition) is 2. The van der Waals surface area contributed by atoms with Crippen LogP contribution in [0.3, 0.4) is 0 Å². The number of nitrogens with zero attached hydrogens (tertiary/aromatic N) is 1. The van der Waals surface area contributed by atoms with Crippen LogP contribution in [0.25, 0.3) is 0 Å². The lowest BCUT2D eigenvalue weighted by Gasteiger charge is -2.33. The lowest BCUT2D eigenvalue weighted by Crippen LogP contribution is -2.47. The van der Waals surface area contributed by atoms with E-state index in [0.29, 0.717) is 6.04 Å². The van der Waals surface area contributed by atoms with Crippen LogP contribution >= 0.6 is 23.6 Å². The van der Waals surface area contributed by atoms with Crippen molar-refractivity contribution in [1.82, 2.24) is 15.5 Å². The van der Waals surface area contributed by atoms with Gasteiger partial charge in [-0.1, -0.05) is 36.4 Å². The van der Waals surface area contributed by atoms with E-state index >= 15 is 0 Å². The molecule has 134 valence electrons. The second-order valence-corrected chi connectivity index (χ2v) is 8.02. The summed E-state index contributed by atoms with van der Waals surface area (Å²) in [5.41, 5.74) is 1.33. The van der Waals surface area contributed by atoms with E-state index in [9.17, 15) is 0 Å². The first-order valence-corrected chi connectivity index (χ1v) is 10.4. The average Bonchev–Trinajstić information content (AvgIpc) is 3.30. The minimum atomic E-state index is 0.286. The van der Waals surface area contributed by atoms with Crippen molar-refractivity contribution in [3.8, 4) is 0 Å². The fourth-order valence-corrected chi connectivity index (χ4v) is 4.78. The molecule has 2 atom stereocenters. The third-order valence-electron chi connectivity index (χ3n) is 4.74. The van der Waals surface area contributed by atoms with E-state index in [4.69, 9.17) is 12.2 Å². The van der Waals surface area contributed by atoms with Crippen LogP contribution in [-0.2, 0) is 6.42 Å². The Bertz CT molecular complexity index is 636. The minimum absolute atomic E-state index is 0.286. The van der Waals surface area contributed by atoms with Gasteiger partial charge in [0.25, 0.3) is 0 Å². The molecule has 2 unspecified atom stereocenters. The Morgan fingerprint density at radius 3 is 2.60 bits per heavy atom. The lowest BCUT2D eigenvalue weighted by molar-refractivity contribution is 0.213. The summed E-state index contributed by atoms with van der Waals surface area (Å²) >= 11 is 7.37. The van der Waals surface area contributed by atoms with Crippen molar-refractivity contribution in [1.29, 1.82) is 0 Å². The molecule has 0 amide bonds. The molecule has 1 aliphatic rings. The molecule has 2 heterocycles. The van der Waals surface area contributed by atoms with Gasteiger partial charge in [0.2, 0.25) is 0 Å². The Morgan fingerprint density at radius 1 is 1.16 bits per heavy atom. The molecule has 0 spiro atoms. The summed E-state index contributed by atoms with van der Waals surface area (Å²) in [5.74, 6) is 0.